The molecule has 0 aromatic carbocycles. The second-order valence-corrected chi connectivity index (χ2v) is 24.1. The van der Waals surface area contributed by atoms with Crippen molar-refractivity contribution in [2.75, 3.05) is 47.5 Å². The highest BCUT2D eigenvalue weighted by Crippen LogP contribution is 2.11. The van der Waals surface area contributed by atoms with Gasteiger partial charge in [-0.25, -0.2) is 4.79 Å². The van der Waals surface area contributed by atoms with Crippen molar-refractivity contribution in [3.8, 4) is 0 Å². The summed E-state index contributed by atoms with van der Waals surface area (Å²) in [7, 11) is 5.92. The Kier molecular flexibility index (Phi) is 68.7. The second-order valence-electron chi connectivity index (χ2n) is 24.1. The molecule has 0 amide bonds. The minimum absolute atomic E-state index is 0.155. The first-order valence-electron chi connectivity index (χ1n) is 36.5. The Labute approximate surface area is 591 Å². The molecule has 9 nitrogen and oxygen atoms in total. The van der Waals surface area contributed by atoms with Gasteiger partial charge < -0.3 is 28.5 Å². The van der Waals surface area contributed by atoms with Crippen LogP contribution in [-0.2, 0) is 33.3 Å². The summed E-state index contributed by atoms with van der Waals surface area (Å²) >= 11 is 0. The summed E-state index contributed by atoms with van der Waals surface area (Å²) in [5, 5.41) is 9.75. The van der Waals surface area contributed by atoms with E-state index in [1.165, 1.54) is 0 Å². The molecule has 0 heterocycles. The van der Waals surface area contributed by atoms with Crippen molar-refractivity contribution in [3.63, 3.8) is 0 Å². The molecule has 1 N–H and O–H groups in total. The SMILES string of the molecule is CC/C=C\C/C=C\C/C=C\C/C=C\C/C=C\C/C=C\C/C=C\C/C=C\C/C=C\C/C=C\C/C=C\C/C=C\CCCCC(=O)OC(COC(=O)CCCC/C=C\C/C=C\C/C=C\C/C=C\C/C=C\C/C=C\C/C=C\C/C=C\C/C=C\C/C=C\CC)COC(OCC[N+](C)(C)C)C(=O)O. The molecule has 0 bridgehead atoms. The van der Waals surface area contributed by atoms with Crippen LogP contribution in [0.3, 0.4) is 0 Å². The number of likely N-dealkylation sites (N-methyl/N-ethyl adjacent to an activating group) is 1. The topological polar surface area (TPSA) is 108 Å². The normalized spacial score (nSPS) is 14.3. The number of carboxylic acids is 1. The number of nitrogens with zero attached hydrogens (tertiary/aromatic N) is 1. The van der Waals surface area contributed by atoms with Gasteiger partial charge in [-0.3, -0.25) is 9.59 Å². The van der Waals surface area contributed by atoms with E-state index < -0.39 is 30.3 Å². The maximum absolute atomic E-state index is 12.9. The highest BCUT2D eigenvalue weighted by molar-refractivity contribution is 5.71. The molecule has 0 aromatic heterocycles. The number of hydrogen-bond donors (Lipinski definition) is 1. The monoisotopic (exact) mass is 1330 g/mol. The maximum Gasteiger partial charge on any atom is 0.361 e. The first kappa shape index (κ1) is 89.6. The molecule has 0 spiro atoms. The first-order valence-corrected chi connectivity index (χ1v) is 36.5. The van der Waals surface area contributed by atoms with E-state index in [9.17, 15) is 19.5 Å². The minimum Gasteiger partial charge on any atom is -0.477 e. The van der Waals surface area contributed by atoms with Crippen molar-refractivity contribution < 1.29 is 42.9 Å². The summed E-state index contributed by atoms with van der Waals surface area (Å²) in [5.41, 5.74) is 0. The van der Waals surface area contributed by atoms with Crippen LogP contribution in [0.4, 0.5) is 0 Å². The third-order valence-corrected chi connectivity index (χ3v) is 14.0. The lowest BCUT2D eigenvalue weighted by atomic mass is 10.1. The molecule has 0 fully saturated rings. The number of unbranched alkanes of at least 4 members (excludes halogenated alkanes) is 4. The molecule has 0 radical (unpaired) electrons. The number of carbonyl (C=O) groups is 3. The van der Waals surface area contributed by atoms with E-state index in [0.717, 1.165) is 167 Å². The van der Waals surface area contributed by atoms with Crippen molar-refractivity contribution in [2.45, 2.75) is 219 Å². The molecule has 0 aliphatic carbocycles. The predicted octanol–water partition coefficient (Wildman–Crippen LogP) is 23.6. The van der Waals surface area contributed by atoms with Crippen LogP contribution < -0.4 is 0 Å². The summed E-state index contributed by atoms with van der Waals surface area (Å²) in [6, 6.07) is 0. The predicted molar refractivity (Wildman–Crippen MR) is 418 cm³/mol. The van der Waals surface area contributed by atoms with E-state index in [4.69, 9.17) is 18.9 Å². The van der Waals surface area contributed by atoms with Gasteiger partial charge in [0.15, 0.2) is 6.10 Å². The van der Waals surface area contributed by atoms with Gasteiger partial charge >= 0.3 is 17.9 Å². The average molecular weight is 1330 g/mol. The van der Waals surface area contributed by atoms with Crippen LogP contribution >= 0.6 is 0 Å². The van der Waals surface area contributed by atoms with Gasteiger partial charge in [0.1, 0.15) is 13.2 Å². The highest BCUT2D eigenvalue weighted by Gasteiger charge is 2.25. The van der Waals surface area contributed by atoms with Gasteiger partial charge in [0.05, 0.1) is 34.4 Å². The molecule has 534 valence electrons. The Bertz CT molecular complexity index is 2600. The lowest BCUT2D eigenvalue weighted by Gasteiger charge is -2.25. The smallest absolute Gasteiger partial charge is 0.361 e. The molecule has 2 unspecified atom stereocenters. The van der Waals surface area contributed by atoms with Gasteiger partial charge in [-0.2, -0.15) is 0 Å². The number of esters is 2. The van der Waals surface area contributed by atoms with Gasteiger partial charge in [0.25, 0.3) is 6.29 Å². The molecule has 2 atom stereocenters. The number of quaternary nitrogens is 1. The minimum atomic E-state index is -1.55. The number of allylic oxidation sites excluding steroid dienone is 44. The Morgan fingerprint density at radius 3 is 0.784 bits per heavy atom. The van der Waals surface area contributed by atoms with Gasteiger partial charge in [0.2, 0.25) is 0 Å². The molecule has 0 aromatic rings. The fourth-order valence-electron chi connectivity index (χ4n) is 8.49. The van der Waals surface area contributed by atoms with Gasteiger partial charge in [0, 0.05) is 12.8 Å². The van der Waals surface area contributed by atoms with E-state index in [-0.39, 0.29) is 32.7 Å². The number of rotatable bonds is 63. The van der Waals surface area contributed by atoms with Crippen molar-refractivity contribution in [1.82, 2.24) is 0 Å². The van der Waals surface area contributed by atoms with Crippen molar-refractivity contribution >= 4 is 17.9 Å². The van der Waals surface area contributed by atoms with Crippen LogP contribution in [0, 0.1) is 0 Å². The zero-order valence-corrected chi connectivity index (χ0v) is 60.9. The van der Waals surface area contributed by atoms with Crippen LogP contribution in [-0.4, -0.2) is 87.4 Å². The first-order chi connectivity index (χ1) is 47.6. The molecule has 0 aliphatic rings. The Morgan fingerprint density at radius 1 is 0.309 bits per heavy atom. The second kappa shape index (κ2) is 74.4. The number of carboxylic acid groups (broad SMARTS) is 1. The standard InChI is InChI=1S/C88H129NO8/c1-6-8-10-12-14-16-18-20-22-24-26-28-30-32-34-36-38-40-41-42-43-44-45-47-49-51-53-55-57-59-61-63-65-67-69-71-73-75-77-79-86(91)97-84(83-96-88(87(92)93)94-81-80-89(3,4)5)82-95-85(90)78-76-74-72-70-68-66-64-62-60-58-56-54-52-50-48-46-39-37-35-33-31-29-27-25-23-21-19-17-15-13-11-9-7-2/h8-11,14-17,20-23,26-29,32-35,38-40,42-43,45-47,50-53,56-59,62-65,68-71,84,88H,6-7,12-13,18-19,24-25,30-31,36-37,41,44,48-49,54-55,60-61,66-67,72-83H2,1-5H3/p+1/b10-8-,11-9-,16-14-,17-15-,22-20-,23-21-,28-26-,29-27-,34-32-,35-33-,40-38-,43-42-,46-39-,47-45-,52-50-,53-51-,58-56-,59-57-,64-62-,65-63-,70-68-,71-69-. The number of carbonyl (C=O) groups excluding carboxylic acids is 2. The molecule has 9 heteroatoms. The van der Waals surface area contributed by atoms with Crippen molar-refractivity contribution in [3.05, 3.63) is 267 Å². The lowest BCUT2D eigenvalue weighted by Crippen LogP contribution is -2.40. The Morgan fingerprint density at radius 2 is 0.546 bits per heavy atom. The van der Waals surface area contributed by atoms with Gasteiger partial charge in [-0.1, -0.05) is 281 Å². The number of aliphatic carboxylic acids is 1. The fraction of sp³-hybridized carbons (Fsp3) is 0.466. The van der Waals surface area contributed by atoms with Crippen LogP contribution in [0.1, 0.15) is 206 Å². The zero-order valence-electron chi connectivity index (χ0n) is 60.9. The maximum atomic E-state index is 12.9. The molecular formula is C88H130NO8+. The zero-order chi connectivity index (χ0) is 70.4. The fourth-order valence-corrected chi connectivity index (χ4v) is 8.49. The summed E-state index contributed by atoms with van der Waals surface area (Å²) in [5.74, 6) is -2.16. The van der Waals surface area contributed by atoms with Crippen LogP contribution in [0.15, 0.2) is 267 Å². The molecule has 0 saturated heterocycles. The molecular weight excluding hydrogens is 1200 g/mol. The van der Waals surface area contributed by atoms with Gasteiger partial charge in [-0.15, -0.1) is 0 Å². The summed E-state index contributed by atoms with van der Waals surface area (Å²) in [6.07, 6.45) is 121. The van der Waals surface area contributed by atoms with Crippen LogP contribution in [0.25, 0.3) is 0 Å². The van der Waals surface area contributed by atoms with E-state index in [0.29, 0.717) is 23.9 Å². The van der Waals surface area contributed by atoms with Crippen LogP contribution in [0.2, 0.25) is 0 Å². The van der Waals surface area contributed by atoms with E-state index in [1.54, 1.807) is 0 Å². The number of hydrogen-bond acceptors (Lipinski definition) is 7. The lowest BCUT2D eigenvalue weighted by molar-refractivity contribution is -0.870. The van der Waals surface area contributed by atoms with Crippen LogP contribution in [0.5, 0.6) is 0 Å². The Hall–Kier alpha value is -7.43. The van der Waals surface area contributed by atoms with E-state index in [1.807, 2.05) is 21.1 Å². The average Bonchev–Trinajstić information content (AvgIpc) is 2.39. The third-order valence-electron chi connectivity index (χ3n) is 14.0. The summed E-state index contributed by atoms with van der Waals surface area (Å²) in [4.78, 5) is 37.6. The largest absolute Gasteiger partial charge is 0.477 e. The molecule has 0 rings (SSSR count). The van der Waals surface area contributed by atoms with E-state index >= 15 is 0 Å². The van der Waals surface area contributed by atoms with Crippen molar-refractivity contribution in [2.24, 2.45) is 0 Å². The molecule has 97 heavy (non-hydrogen) atoms. The summed E-state index contributed by atoms with van der Waals surface area (Å²) in [6.45, 7) is 4.50. The van der Waals surface area contributed by atoms with Gasteiger partial charge in [-0.05, 0) is 180 Å². The van der Waals surface area contributed by atoms with Crippen molar-refractivity contribution in [1.29, 1.82) is 0 Å². The number of ether oxygens (including phenoxy) is 4. The highest BCUT2D eigenvalue weighted by atomic mass is 16.7. The Balaban J connectivity index is 4.38. The molecule has 0 saturated carbocycles. The quantitative estimate of drug-likeness (QED) is 0.0211. The van der Waals surface area contributed by atoms with E-state index in [2.05, 4.69) is 281 Å². The summed E-state index contributed by atoms with van der Waals surface area (Å²) < 4.78 is 22.8. The molecule has 0 aliphatic heterocycles. The third kappa shape index (κ3) is 75.8.